The van der Waals surface area contributed by atoms with Gasteiger partial charge >= 0.3 is 0 Å². The molecule has 1 heterocycles. The van der Waals surface area contributed by atoms with Crippen LogP contribution in [-0.2, 0) is 0 Å². The Hall–Kier alpha value is -1.11. The van der Waals surface area contributed by atoms with E-state index in [0.29, 0.717) is 5.75 Å². The number of rotatable bonds is 5. The number of piperazine rings is 1. The van der Waals surface area contributed by atoms with Gasteiger partial charge in [-0.05, 0) is 17.7 Å². The summed E-state index contributed by atoms with van der Waals surface area (Å²) in [6.07, 6.45) is -2.58. The van der Waals surface area contributed by atoms with Gasteiger partial charge in [0.25, 0.3) is 0 Å². The quantitative estimate of drug-likeness (QED) is 0.874. The summed E-state index contributed by atoms with van der Waals surface area (Å²) in [7, 11) is 1.45. The number of methoxy groups -OCH3 is 1. The number of halogens is 3. The van der Waals surface area contributed by atoms with Crippen LogP contribution >= 0.6 is 12.4 Å². The normalized spacial score (nSPS) is 17.3. The minimum absolute atomic E-state index is 0. The zero-order valence-corrected chi connectivity index (χ0v) is 12.7. The second-order valence-corrected chi connectivity index (χ2v) is 4.86. The van der Waals surface area contributed by atoms with Crippen molar-refractivity contribution in [2.75, 3.05) is 33.3 Å². The molecule has 4 nitrogen and oxygen atoms in total. The van der Waals surface area contributed by atoms with Gasteiger partial charge in [-0.25, -0.2) is 8.78 Å². The molecule has 1 atom stereocenters. The Kier molecular flexibility index (Phi) is 7.14. The zero-order valence-electron chi connectivity index (χ0n) is 11.9. The molecule has 7 heteroatoms. The minimum atomic E-state index is -2.37. The molecule has 0 radical (unpaired) electrons. The molecule has 2 rings (SSSR count). The number of hydrogen-bond acceptors (Lipinski definition) is 4. The van der Waals surface area contributed by atoms with E-state index < -0.39 is 6.43 Å². The molecule has 1 aliphatic rings. The maximum absolute atomic E-state index is 12.9. The standard InChI is InChI=1S/C14H20F2N2O2.ClH/c1-20-13-8-10(2-3-12(13)19)11(9-14(15)16)18-6-4-17-5-7-18;/h2-3,8,11,14,17,19H,4-7,9H2,1H3;1H/t11-;/m1./s1. The average Bonchev–Trinajstić information content (AvgIpc) is 2.46. The number of aromatic hydroxyl groups is 1. The van der Waals surface area contributed by atoms with Gasteiger partial charge in [0.2, 0.25) is 6.43 Å². The van der Waals surface area contributed by atoms with E-state index in [4.69, 9.17) is 4.74 Å². The van der Waals surface area contributed by atoms with E-state index in [1.807, 2.05) is 0 Å². The fourth-order valence-corrected chi connectivity index (χ4v) is 2.56. The van der Waals surface area contributed by atoms with Crippen molar-refractivity contribution in [1.29, 1.82) is 0 Å². The third-order valence-electron chi connectivity index (χ3n) is 3.58. The van der Waals surface area contributed by atoms with Crippen molar-refractivity contribution >= 4 is 12.4 Å². The van der Waals surface area contributed by atoms with Gasteiger partial charge in [0, 0.05) is 38.6 Å². The molecule has 0 aliphatic carbocycles. The minimum Gasteiger partial charge on any atom is -0.504 e. The monoisotopic (exact) mass is 322 g/mol. The first-order valence-corrected chi connectivity index (χ1v) is 6.71. The van der Waals surface area contributed by atoms with E-state index in [2.05, 4.69) is 10.2 Å². The fourth-order valence-electron chi connectivity index (χ4n) is 2.56. The molecule has 1 aromatic rings. The lowest BCUT2D eigenvalue weighted by Crippen LogP contribution is -2.45. The van der Waals surface area contributed by atoms with E-state index in [9.17, 15) is 13.9 Å². The van der Waals surface area contributed by atoms with Gasteiger partial charge < -0.3 is 15.2 Å². The third kappa shape index (κ3) is 4.69. The molecule has 0 aromatic heterocycles. The highest BCUT2D eigenvalue weighted by Crippen LogP contribution is 2.34. The third-order valence-corrected chi connectivity index (χ3v) is 3.58. The van der Waals surface area contributed by atoms with Gasteiger partial charge in [0.15, 0.2) is 11.5 Å². The number of ether oxygens (including phenoxy) is 1. The number of phenols is 1. The summed E-state index contributed by atoms with van der Waals surface area (Å²) in [6, 6.07) is 4.47. The summed E-state index contributed by atoms with van der Waals surface area (Å²) in [5.74, 6) is 0.337. The Labute approximate surface area is 129 Å². The Morgan fingerprint density at radius 1 is 1.33 bits per heavy atom. The predicted molar refractivity (Wildman–Crippen MR) is 79.7 cm³/mol. The summed E-state index contributed by atoms with van der Waals surface area (Å²) in [5.41, 5.74) is 0.752. The maximum Gasteiger partial charge on any atom is 0.240 e. The number of alkyl halides is 2. The van der Waals surface area contributed by atoms with Crippen molar-refractivity contribution in [2.24, 2.45) is 0 Å². The summed E-state index contributed by atoms with van der Waals surface area (Å²) in [6.45, 7) is 3.07. The molecule has 0 spiro atoms. The van der Waals surface area contributed by atoms with Gasteiger partial charge in [0.1, 0.15) is 0 Å². The zero-order chi connectivity index (χ0) is 14.5. The Morgan fingerprint density at radius 3 is 2.57 bits per heavy atom. The van der Waals surface area contributed by atoms with E-state index in [1.165, 1.54) is 13.2 Å². The Morgan fingerprint density at radius 2 is 2.00 bits per heavy atom. The number of benzene rings is 1. The Balaban J connectivity index is 0.00000220. The topological polar surface area (TPSA) is 44.7 Å². The Bertz CT molecular complexity index is 443. The van der Waals surface area contributed by atoms with Crippen molar-refractivity contribution in [3.05, 3.63) is 23.8 Å². The SMILES string of the molecule is COc1cc([C@@H](CC(F)F)N2CCNCC2)ccc1O.Cl. The molecule has 0 unspecified atom stereocenters. The summed E-state index contributed by atoms with van der Waals surface area (Å²) >= 11 is 0. The van der Waals surface area contributed by atoms with Gasteiger partial charge in [-0.3, -0.25) is 4.90 Å². The first kappa shape index (κ1) is 17.9. The summed E-state index contributed by atoms with van der Waals surface area (Å²) in [4.78, 5) is 2.05. The predicted octanol–water partition coefficient (Wildman–Crippen LogP) is 2.42. The van der Waals surface area contributed by atoms with Crippen LogP contribution in [0.25, 0.3) is 0 Å². The van der Waals surface area contributed by atoms with E-state index in [-0.39, 0.29) is 30.6 Å². The highest BCUT2D eigenvalue weighted by molar-refractivity contribution is 5.85. The molecular weight excluding hydrogens is 302 g/mol. The van der Waals surface area contributed by atoms with Crippen LogP contribution in [0.1, 0.15) is 18.0 Å². The molecule has 2 N–H and O–H groups in total. The van der Waals surface area contributed by atoms with Gasteiger partial charge in [-0.2, -0.15) is 0 Å². The molecule has 21 heavy (non-hydrogen) atoms. The molecule has 0 bridgehead atoms. The number of nitrogens with zero attached hydrogens (tertiary/aromatic N) is 1. The van der Waals surface area contributed by atoms with E-state index in [1.54, 1.807) is 12.1 Å². The number of phenolic OH excluding ortho intramolecular Hbond substituents is 1. The van der Waals surface area contributed by atoms with Crippen LogP contribution in [0, 0.1) is 0 Å². The highest BCUT2D eigenvalue weighted by Gasteiger charge is 2.26. The van der Waals surface area contributed by atoms with Crippen LogP contribution in [-0.4, -0.2) is 49.7 Å². The summed E-state index contributed by atoms with van der Waals surface area (Å²) < 4.78 is 30.8. The highest BCUT2D eigenvalue weighted by atomic mass is 35.5. The van der Waals surface area contributed by atoms with Crippen molar-refractivity contribution in [3.8, 4) is 11.5 Å². The number of hydrogen-bond donors (Lipinski definition) is 2. The lowest BCUT2D eigenvalue weighted by Gasteiger charge is -2.35. The maximum atomic E-state index is 12.9. The van der Waals surface area contributed by atoms with Crippen LogP contribution in [0.5, 0.6) is 11.5 Å². The lowest BCUT2D eigenvalue weighted by atomic mass is 10.0. The summed E-state index contributed by atoms with van der Waals surface area (Å²) in [5, 5.41) is 12.8. The molecule has 1 saturated heterocycles. The van der Waals surface area contributed by atoms with Crippen molar-refractivity contribution in [1.82, 2.24) is 10.2 Å². The lowest BCUT2D eigenvalue weighted by molar-refractivity contribution is 0.0738. The van der Waals surface area contributed by atoms with Crippen molar-refractivity contribution < 1.29 is 18.6 Å². The van der Waals surface area contributed by atoms with Gasteiger partial charge in [0.05, 0.1) is 7.11 Å². The van der Waals surface area contributed by atoms with E-state index in [0.717, 1.165) is 31.7 Å². The van der Waals surface area contributed by atoms with Gasteiger partial charge in [-0.1, -0.05) is 6.07 Å². The molecule has 1 fully saturated rings. The van der Waals surface area contributed by atoms with Gasteiger partial charge in [-0.15, -0.1) is 12.4 Å². The first-order valence-electron chi connectivity index (χ1n) is 6.71. The molecule has 0 amide bonds. The molecular formula is C14H21ClF2N2O2. The van der Waals surface area contributed by atoms with Crippen molar-refractivity contribution in [3.63, 3.8) is 0 Å². The van der Waals surface area contributed by atoms with Crippen LogP contribution in [0.3, 0.4) is 0 Å². The van der Waals surface area contributed by atoms with Crippen LogP contribution in [0.15, 0.2) is 18.2 Å². The van der Waals surface area contributed by atoms with Crippen LogP contribution in [0.4, 0.5) is 8.78 Å². The molecule has 1 aromatic carbocycles. The largest absolute Gasteiger partial charge is 0.504 e. The number of nitrogens with one attached hydrogen (secondary N) is 1. The van der Waals surface area contributed by atoms with E-state index >= 15 is 0 Å². The van der Waals surface area contributed by atoms with Crippen LogP contribution < -0.4 is 10.1 Å². The fraction of sp³-hybridized carbons (Fsp3) is 0.571. The molecule has 0 saturated carbocycles. The second kappa shape index (κ2) is 8.36. The first-order chi connectivity index (χ1) is 9.61. The molecule has 120 valence electrons. The van der Waals surface area contributed by atoms with Crippen LogP contribution in [0.2, 0.25) is 0 Å². The van der Waals surface area contributed by atoms with Crippen molar-refractivity contribution in [2.45, 2.75) is 18.9 Å². The second-order valence-electron chi connectivity index (χ2n) is 4.86. The molecule has 1 aliphatic heterocycles. The smallest absolute Gasteiger partial charge is 0.240 e. The average molecular weight is 323 g/mol.